The van der Waals surface area contributed by atoms with Crippen LogP contribution in [0.2, 0.25) is 0 Å². The van der Waals surface area contributed by atoms with Crippen LogP contribution >= 0.6 is 0 Å². The molecule has 6 atom stereocenters. The highest BCUT2D eigenvalue weighted by molar-refractivity contribution is 4.66. The first-order valence-corrected chi connectivity index (χ1v) is 14.9. The van der Waals surface area contributed by atoms with Crippen molar-refractivity contribution in [3.05, 3.63) is 0 Å². The Bertz CT molecular complexity index is 349. The van der Waals surface area contributed by atoms with E-state index in [2.05, 4.69) is 55.4 Å². The fourth-order valence-electron chi connectivity index (χ4n) is 5.13. The lowest BCUT2D eigenvalue weighted by Gasteiger charge is -2.23. The molecule has 0 aromatic heterocycles. The van der Waals surface area contributed by atoms with Gasteiger partial charge in [-0.15, -0.1) is 0 Å². The monoisotopic (exact) mass is 487 g/mol. The molecule has 2 heterocycles. The van der Waals surface area contributed by atoms with Crippen molar-refractivity contribution in [2.24, 2.45) is 35.5 Å². The molecule has 0 aromatic rings. The van der Waals surface area contributed by atoms with Gasteiger partial charge in [0.25, 0.3) is 0 Å². The Balaban J connectivity index is 0. The van der Waals surface area contributed by atoms with E-state index in [1.54, 1.807) is 0 Å². The molecule has 2 aliphatic carbocycles. The van der Waals surface area contributed by atoms with E-state index in [9.17, 15) is 0 Å². The molecule has 0 amide bonds. The largest absolute Gasteiger partial charge is 0.412 e. The van der Waals surface area contributed by atoms with Gasteiger partial charge in [-0.2, -0.15) is 0 Å². The average Bonchev–Trinajstić information content (AvgIpc) is 2.99. The SMILES string of the molecule is CC1CCC(C)CC1.CC1CCC(C)OC1.CC1CCC(C)OC1.CC1CCCC(C)CC1.O.[HH]. The first-order chi connectivity index (χ1) is 15.7. The molecule has 34 heavy (non-hydrogen) atoms. The molecule has 0 bridgehead atoms. The quantitative estimate of drug-likeness (QED) is 0.320. The highest BCUT2D eigenvalue weighted by Crippen LogP contribution is 2.27. The Hall–Kier alpha value is -0.120. The van der Waals surface area contributed by atoms with Crippen molar-refractivity contribution in [3.63, 3.8) is 0 Å². The van der Waals surface area contributed by atoms with E-state index < -0.39 is 0 Å². The molecule has 3 nitrogen and oxygen atoms in total. The van der Waals surface area contributed by atoms with Crippen molar-refractivity contribution < 1.29 is 16.4 Å². The summed E-state index contributed by atoms with van der Waals surface area (Å²) in [6.45, 7) is 20.2. The minimum absolute atomic E-state index is 0. The molecule has 6 unspecified atom stereocenters. The molecule has 208 valence electrons. The zero-order valence-electron chi connectivity index (χ0n) is 24.5. The van der Waals surface area contributed by atoms with Crippen LogP contribution in [0.4, 0.5) is 0 Å². The molecular weight excluding hydrogens is 420 g/mol. The van der Waals surface area contributed by atoms with Crippen molar-refractivity contribution in [1.29, 1.82) is 0 Å². The van der Waals surface area contributed by atoms with Crippen LogP contribution in [0.1, 0.15) is 140 Å². The summed E-state index contributed by atoms with van der Waals surface area (Å²) < 4.78 is 10.8. The Kier molecular flexibility index (Phi) is 19.9. The lowest BCUT2D eigenvalue weighted by molar-refractivity contribution is 0.000174. The maximum absolute atomic E-state index is 5.39. The second kappa shape index (κ2) is 20.0. The molecule has 2 aliphatic heterocycles. The van der Waals surface area contributed by atoms with Crippen molar-refractivity contribution in [1.82, 2.24) is 0 Å². The number of hydrogen-bond acceptors (Lipinski definition) is 2. The van der Waals surface area contributed by atoms with Gasteiger partial charge < -0.3 is 14.9 Å². The molecular formula is C31H66O3. The minimum Gasteiger partial charge on any atom is -0.412 e. The van der Waals surface area contributed by atoms with E-state index in [0.717, 1.165) is 48.7 Å². The predicted octanol–water partition coefficient (Wildman–Crippen LogP) is 9.12. The Morgan fingerprint density at radius 2 is 0.647 bits per heavy atom. The number of hydrogen-bond donors (Lipinski definition) is 0. The summed E-state index contributed by atoms with van der Waals surface area (Å²) in [6.07, 6.45) is 19.5. The smallest absolute Gasteiger partial charge is 0.0547 e. The molecule has 2 saturated carbocycles. The van der Waals surface area contributed by atoms with Crippen molar-refractivity contribution in [2.75, 3.05) is 13.2 Å². The minimum atomic E-state index is 0. The van der Waals surface area contributed by atoms with Crippen LogP contribution in [0.3, 0.4) is 0 Å². The van der Waals surface area contributed by atoms with Gasteiger partial charge >= 0.3 is 0 Å². The third-order valence-corrected chi connectivity index (χ3v) is 8.31. The fraction of sp³-hybridized carbons (Fsp3) is 1.00. The van der Waals surface area contributed by atoms with E-state index in [1.165, 1.54) is 83.5 Å². The van der Waals surface area contributed by atoms with E-state index >= 15 is 0 Å². The zero-order valence-corrected chi connectivity index (χ0v) is 24.5. The highest BCUT2D eigenvalue weighted by Gasteiger charge is 2.15. The lowest BCUT2D eigenvalue weighted by Crippen LogP contribution is -2.21. The number of rotatable bonds is 0. The highest BCUT2D eigenvalue weighted by atomic mass is 16.5. The summed E-state index contributed by atoms with van der Waals surface area (Å²) >= 11 is 0. The van der Waals surface area contributed by atoms with Gasteiger partial charge in [0.2, 0.25) is 0 Å². The molecule has 0 spiro atoms. The molecule has 4 rings (SSSR count). The van der Waals surface area contributed by atoms with Crippen LogP contribution in [0.5, 0.6) is 0 Å². The normalized spacial score (nSPS) is 38.1. The zero-order chi connectivity index (χ0) is 24.6. The topological polar surface area (TPSA) is 50.0 Å². The Morgan fingerprint density at radius 3 is 0.882 bits per heavy atom. The first-order valence-electron chi connectivity index (χ1n) is 14.9. The van der Waals surface area contributed by atoms with Crippen LogP contribution in [-0.4, -0.2) is 30.9 Å². The van der Waals surface area contributed by atoms with Gasteiger partial charge in [-0.25, -0.2) is 0 Å². The second-order valence-electron chi connectivity index (χ2n) is 12.7. The second-order valence-corrected chi connectivity index (χ2v) is 12.7. The van der Waals surface area contributed by atoms with E-state index in [-0.39, 0.29) is 6.90 Å². The van der Waals surface area contributed by atoms with Crippen LogP contribution in [-0.2, 0) is 9.47 Å². The van der Waals surface area contributed by atoms with Crippen LogP contribution in [0.25, 0.3) is 0 Å². The molecule has 2 N–H and O–H groups in total. The summed E-state index contributed by atoms with van der Waals surface area (Å²) in [7, 11) is 0. The summed E-state index contributed by atoms with van der Waals surface area (Å²) in [4.78, 5) is 0. The van der Waals surface area contributed by atoms with Gasteiger partial charge in [-0.1, -0.05) is 99.3 Å². The molecule has 2 saturated heterocycles. The average molecular weight is 487 g/mol. The number of ether oxygens (including phenoxy) is 2. The molecule has 4 aliphatic rings. The van der Waals surface area contributed by atoms with Crippen molar-refractivity contribution >= 4 is 0 Å². The standard InChI is InChI=1S/C9H18.C8H16.2C7H14O.H2O.H2/c1-8-4-3-5-9(2)7-6-8;1-7-3-5-8(2)6-4-7;2*1-6-3-4-7(2)8-5-6;;/h8-9H,3-7H2,1-2H3;7-8H,3-6H2,1-2H3;2*6-7H,3-5H2,1-2H3;1H2;1H. The van der Waals surface area contributed by atoms with E-state index in [1.807, 2.05) is 0 Å². The van der Waals surface area contributed by atoms with E-state index in [4.69, 9.17) is 9.47 Å². The maximum Gasteiger partial charge on any atom is 0.0547 e. The summed E-state index contributed by atoms with van der Waals surface area (Å²) in [5, 5.41) is 0. The van der Waals surface area contributed by atoms with Gasteiger partial charge in [0.05, 0.1) is 12.2 Å². The third-order valence-electron chi connectivity index (χ3n) is 8.31. The molecule has 0 radical (unpaired) electrons. The van der Waals surface area contributed by atoms with Crippen LogP contribution in [0, 0.1) is 35.5 Å². The Labute approximate surface area is 216 Å². The van der Waals surface area contributed by atoms with Gasteiger partial charge in [0, 0.05) is 14.6 Å². The van der Waals surface area contributed by atoms with Crippen molar-refractivity contribution in [2.45, 2.75) is 151 Å². The summed E-state index contributed by atoms with van der Waals surface area (Å²) in [5.74, 6) is 5.65. The Morgan fingerprint density at radius 1 is 0.382 bits per heavy atom. The van der Waals surface area contributed by atoms with Crippen LogP contribution in [0.15, 0.2) is 0 Å². The maximum atomic E-state index is 5.39. The summed E-state index contributed by atoms with van der Waals surface area (Å²) in [6, 6.07) is 0. The van der Waals surface area contributed by atoms with E-state index in [0.29, 0.717) is 12.2 Å². The third kappa shape index (κ3) is 18.2. The van der Waals surface area contributed by atoms with Crippen LogP contribution < -0.4 is 0 Å². The lowest BCUT2D eigenvalue weighted by atomic mass is 9.84. The van der Waals surface area contributed by atoms with Crippen molar-refractivity contribution in [3.8, 4) is 0 Å². The predicted molar refractivity (Wildman–Crippen MR) is 152 cm³/mol. The summed E-state index contributed by atoms with van der Waals surface area (Å²) in [5.41, 5.74) is 0. The first kappa shape index (κ1) is 33.9. The fourth-order valence-corrected chi connectivity index (χ4v) is 5.13. The molecule has 3 heteroatoms. The van der Waals surface area contributed by atoms with Gasteiger partial charge in [-0.05, 0) is 75.0 Å². The van der Waals surface area contributed by atoms with Gasteiger partial charge in [-0.3, -0.25) is 0 Å². The van der Waals surface area contributed by atoms with Gasteiger partial charge in [0.1, 0.15) is 0 Å². The molecule has 4 fully saturated rings. The van der Waals surface area contributed by atoms with Gasteiger partial charge in [0.15, 0.2) is 0 Å². The molecule has 0 aromatic carbocycles.